The third-order valence-corrected chi connectivity index (χ3v) is 5.46. The zero-order valence-electron chi connectivity index (χ0n) is 14.6. The van der Waals surface area contributed by atoms with Crippen LogP contribution in [0, 0.1) is 11.8 Å². The van der Waals surface area contributed by atoms with Crippen LogP contribution in [0.2, 0.25) is 0 Å². The summed E-state index contributed by atoms with van der Waals surface area (Å²) in [5.74, 6) is -0.249. The van der Waals surface area contributed by atoms with E-state index >= 15 is 0 Å². The van der Waals surface area contributed by atoms with Crippen molar-refractivity contribution >= 4 is 11.8 Å². The molecule has 3 N–H and O–H groups in total. The molecule has 132 valence electrons. The molecule has 0 radical (unpaired) electrons. The van der Waals surface area contributed by atoms with Crippen molar-refractivity contribution in [3.05, 3.63) is 0 Å². The lowest BCUT2D eigenvalue weighted by Gasteiger charge is -2.39. The van der Waals surface area contributed by atoms with Gasteiger partial charge in [0.1, 0.15) is 5.60 Å². The second-order valence-electron chi connectivity index (χ2n) is 7.20. The van der Waals surface area contributed by atoms with Crippen LogP contribution in [0.4, 0.5) is 0 Å². The topological polar surface area (TPSA) is 87.7 Å². The minimum absolute atomic E-state index is 0.0490. The fourth-order valence-electron chi connectivity index (χ4n) is 3.12. The predicted octanol–water partition coefficient (Wildman–Crippen LogP) is 0.972. The van der Waals surface area contributed by atoms with Crippen molar-refractivity contribution in [3.8, 4) is 0 Å². The number of nitrogens with one attached hydrogen (secondary N) is 2. The zero-order chi connectivity index (χ0) is 17.2. The van der Waals surface area contributed by atoms with Crippen LogP contribution in [-0.2, 0) is 14.3 Å². The van der Waals surface area contributed by atoms with Gasteiger partial charge in [-0.15, -0.1) is 0 Å². The van der Waals surface area contributed by atoms with Crippen molar-refractivity contribution in [3.63, 3.8) is 0 Å². The van der Waals surface area contributed by atoms with E-state index in [1.165, 1.54) is 0 Å². The first-order valence-corrected chi connectivity index (χ1v) is 8.66. The number of carbonyl (C=O) groups excluding carboxylic acids is 2. The van der Waals surface area contributed by atoms with Gasteiger partial charge >= 0.3 is 0 Å². The lowest BCUT2D eigenvalue weighted by Crippen LogP contribution is -2.59. The van der Waals surface area contributed by atoms with Gasteiger partial charge in [-0.1, -0.05) is 13.8 Å². The van der Waals surface area contributed by atoms with Crippen molar-refractivity contribution < 1.29 is 19.4 Å². The Balaban J connectivity index is 1.72. The number of carbonyl (C=O) groups is 2. The Bertz CT molecular complexity index is 446. The average Bonchev–Trinajstić information content (AvgIpc) is 3.35. The first kappa shape index (κ1) is 18.2. The second kappa shape index (κ2) is 7.18. The quantitative estimate of drug-likeness (QED) is 0.620. The molecule has 3 atom stereocenters. The minimum atomic E-state index is -0.728. The van der Waals surface area contributed by atoms with Crippen LogP contribution in [-0.4, -0.2) is 47.8 Å². The summed E-state index contributed by atoms with van der Waals surface area (Å²) in [4.78, 5) is 24.4. The monoisotopic (exact) mass is 326 g/mol. The molecule has 2 fully saturated rings. The number of aliphatic hydroxyl groups is 1. The lowest BCUT2D eigenvalue weighted by molar-refractivity contribution is -0.145. The molecule has 0 aromatic rings. The number of ether oxygens (including phenoxy) is 1. The summed E-state index contributed by atoms with van der Waals surface area (Å²) in [7, 11) is 1.59. The lowest BCUT2D eigenvalue weighted by atomic mass is 9.85. The van der Waals surface area contributed by atoms with Crippen molar-refractivity contribution in [2.75, 3.05) is 7.11 Å². The van der Waals surface area contributed by atoms with Crippen LogP contribution in [0.5, 0.6) is 0 Å². The Morgan fingerprint density at radius 3 is 2.30 bits per heavy atom. The molecule has 2 rings (SSSR count). The van der Waals surface area contributed by atoms with E-state index < -0.39 is 17.6 Å². The van der Waals surface area contributed by atoms with E-state index in [2.05, 4.69) is 10.6 Å². The fourth-order valence-corrected chi connectivity index (χ4v) is 3.12. The van der Waals surface area contributed by atoms with Gasteiger partial charge in [0.25, 0.3) is 5.91 Å². The Hall–Kier alpha value is -1.14. The van der Waals surface area contributed by atoms with Gasteiger partial charge in [0.05, 0.1) is 12.0 Å². The summed E-state index contributed by atoms with van der Waals surface area (Å²) in [5, 5.41) is 15.7. The summed E-state index contributed by atoms with van der Waals surface area (Å²) < 4.78 is 5.44. The van der Waals surface area contributed by atoms with E-state index in [-0.39, 0.29) is 23.9 Å². The van der Waals surface area contributed by atoms with Gasteiger partial charge in [0.2, 0.25) is 5.91 Å². The molecule has 2 saturated carbocycles. The maximum atomic E-state index is 12.4. The standard InChI is InChI=1S/C17H30N2O4/c1-5-14(20)10(2)15(21)18-12-8-13(9-12)19-16(22)17(3,23-4)11-6-7-11/h10-14,20H,5-9H2,1-4H3,(H,18,21)(H,19,22)/t10-,12?,13?,14+,17?/m1/s1. The minimum Gasteiger partial charge on any atom is -0.392 e. The summed E-state index contributed by atoms with van der Waals surface area (Å²) >= 11 is 0. The highest BCUT2D eigenvalue weighted by Gasteiger charge is 2.48. The smallest absolute Gasteiger partial charge is 0.252 e. The third-order valence-electron chi connectivity index (χ3n) is 5.46. The van der Waals surface area contributed by atoms with E-state index in [1.807, 2.05) is 13.8 Å². The van der Waals surface area contributed by atoms with Crippen molar-refractivity contribution in [1.82, 2.24) is 10.6 Å². The molecule has 0 heterocycles. The molecular weight excluding hydrogens is 296 g/mol. The van der Waals surface area contributed by atoms with Crippen molar-refractivity contribution in [1.29, 1.82) is 0 Å². The molecule has 6 nitrogen and oxygen atoms in total. The molecule has 1 unspecified atom stereocenters. The SMILES string of the molecule is CC[C@H](O)[C@@H](C)C(=O)NC1CC(NC(=O)C(C)(OC)C2CC2)C1. The Kier molecular flexibility index (Phi) is 5.68. The largest absolute Gasteiger partial charge is 0.392 e. The van der Waals surface area contributed by atoms with Gasteiger partial charge in [-0.05, 0) is 44.9 Å². The molecule has 6 heteroatoms. The van der Waals surface area contributed by atoms with E-state index in [9.17, 15) is 14.7 Å². The number of hydrogen-bond acceptors (Lipinski definition) is 4. The van der Waals surface area contributed by atoms with Crippen molar-refractivity contribution in [2.24, 2.45) is 11.8 Å². The third kappa shape index (κ3) is 4.04. The van der Waals surface area contributed by atoms with Crippen LogP contribution >= 0.6 is 0 Å². The number of methoxy groups -OCH3 is 1. The zero-order valence-corrected chi connectivity index (χ0v) is 14.6. The number of rotatable bonds is 8. The number of hydrogen-bond donors (Lipinski definition) is 3. The van der Waals surface area contributed by atoms with Gasteiger partial charge in [0.15, 0.2) is 0 Å². The van der Waals surface area contributed by atoms with Crippen LogP contribution in [0.25, 0.3) is 0 Å². The molecule has 0 saturated heterocycles. The molecule has 2 amide bonds. The summed E-state index contributed by atoms with van der Waals surface area (Å²) in [5.41, 5.74) is -0.728. The van der Waals surface area contributed by atoms with Gasteiger partial charge < -0.3 is 20.5 Å². The fraction of sp³-hybridized carbons (Fsp3) is 0.882. The average molecular weight is 326 g/mol. The Morgan fingerprint density at radius 2 is 1.83 bits per heavy atom. The normalized spacial score (nSPS) is 28.9. The number of aliphatic hydroxyl groups excluding tert-OH is 1. The summed E-state index contributed by atoms with van der Waals surface area (Å²) in [6.07, 6.45) is 3.51. The highest BCUT2D eigenvalue weighted by atomic mass is 16.5. The van der Waals surface area contributed by atoms with E-state index in [4.69, 9.17) is 4.74 Å². The molecule has 2 aliphatic carbocycles. The molecule has 23 heavy (non-hydrogen) atoms. The summed E-state index contributed by atoms with van der Waals surface area (Å²) in [6.45, 7) is 5.45. The van der Waals surface area contributed by atoms with Gasteiger partial charge in [0, 0.05) is 19.2 Å². The molecule has 0 aromatic heterocycles. The molecular formula is C17H30N2O4. The second-order valence-corrected chi connectivity index (χ2v) is 7.20. The summed E-state index contributed by atoms with van der Waals surface area (Å²) in [6, 6.07) is 0.168. The highest BCUT2D eigenvalue weighted by molar-refractivity contribution is 5.86. The predicted molar refractivity (Wildman–Crippen MR) is 86.7 cm³/mol. The molecule has 0 spiro atoms. The maximum absolute atomic E-state index is 12.4. The van der Waals surface area contributed by atoms with E-state index in [0.29, 0.717) is 12.3 Å². The highest BCUT2D eigenvalue weighted by Crippen LogP contribution is 2.42. The van der Waals surface area contributed by atoms with Crippen LogP contribution in [0.3, 0.4) is 0 Å². The van der Waals surface area contributed by atoms with Crippen LogP contribution < -0.4 is 10.6 Å². The van der Waals surface area contributed by atoms with Gasteiger partial charge in [-0.25, -0.2) is 0 Å². The first-order chi connectivity index (χ1) is 10.8. The van der Waals surface area contributed by atoms with E-state index in [1.54, 1.807) is 14.0 Å². The van der Waals surface area contributed by atoms with Crippen LogP contribution in [0.1, 0.15) is 52.9 Å². The maximum Gasteiger partial charge on any atom is 0.252 e. The van der Waals surface area contributed by atoms with Crippen molar-refractivity contribution in [2.45, 2.75) is 76.7 Å². The molecule has 0 aliphatic heterocycles. The molecule has 2 aliphatic rings. The van der Waals surface area contributed by atoms with Gasteiger partial charge in [-0.2, -0.15) is 0 Å². The van der Waals surface area contributed by atoms with E-state index in [0.717, 1.165) is 25.7 Å². The van der Waals surface area contributed by atoms with Crippen LogP contribution in [0.15, 0.2) is 0 Å². The van der Waals surface area contributed by atoms with Gasteiger partial charge in [-0.3, -0.25) is 9.59 Å². The number of amides is 2. The Morgan fingerprint density at radius 1 is 1.26 bits per heavy atom. The molecule has 0 bridgehead atoms. The molecule has 0 aromatic carbocycles. The Labute approximate surface area is 138 Å². The first-order valence-electron chi connectivity index (χ1n) is 8.66.